The summed E-state index contributed by atoms with van der Waals surface area (Å²) in [5.74, 6) is 0.374. The van der Waals surface area contributed by atoms with Crippen molar-refractivity contribution in [2.75, 3.05) is 6.54 Å². The van der Waals surface area contributed by atoms with Gasteiger partial charge in [-0.2, -0.15) is 0 Å². The number of hydrogen-bond donors (Lipinski definition) is 3. The van der Waals surface area contributed by atoms with Crippen molar-refractivity contribution in [3.8, 4) is 0 Å². The summed E-state index contributed by atoms with van der Waals surface area (Å²) in [4.78, 5) is 11.9. The smallest absolute Gasteiger partial charge is 0.269 e. The van der Waals surface area contributed by atoms with Crippen LogP contribution in [0.15, 0.2) is 24.3 Å². The van der Waals surface area contributed by atoms with E-state index >= 15 is 0 Å². The van der Waals surface area contributed by atoms with E-state index < -0.39 is 0 Å². The molecule has 0 aliphatic carbocycles. The van der Waals surface area contributed by atoms with Gasteiger partial charge in [-0.3, -0.25) is 15.6 Å². The Hall–Kier alpha value is -1.62. The second-order valence-corrected chi connectivity index (χ2v) is 6.16. The summed E-state index contributed by atoms with van der Waals surface area (Å²) in [5, 5.41) is 3.58. The molecule has 1 amide bonds. The lowest BCUT2D eigenvalue weighted by Crippen LogP contribution is -2.47. The predicted molar refractivity (Wildman–Crippen MR) is 95.7 cm³/mol. The maximum atomic E-state index is 11.9. The van der Waals surface area contributed by atoms with Gasteiger partial charge in [0, 0.05) is 12.1 Å². The number of thiocarbonyl (C=S) groups is 1. The summed E-state index contributed by atoms with van der Waals surface area (Å²) < 4.78 is 0. The van der Waals surface area contributed by atoms with Crippen LogP contribution in [0, 0.1) is 12.8 Å². The summed E-state index contributed by atoms with van der Waals surface area (Å²) in [5.41, 5.74) is 7.07. The fraction of sp³-hybridized carbons (Fsp3) is 0.529. The molecule has 0 unspecified atom stereocenters. The van der Waals surface area contributed by atoms with Gasteiger partial charge in [0.15, 0.2) is 5.11 Å². The average molecular weight is 321 g/mol. The lowest BCUT2D eigenvalue weighted by molar-refractivity contribution is 0.0943. The van der Waals surface area contributed by atoms with E-state index in [1.54, 1.807) is 12.1 Å². The molecular formula is C17H27N3OS. The van der Waals surface area contributed by atoms with E-state index in [4.69, 9.17) is 12.2 Å². The first kappa shape index (κ1) is 18.4. The van der Waals surface area contributed by atoms with Crippen LogP contribution in [-0.4, -0.2) is 17.6 Å². The molecule has 0 saturated carbocycles. The molecule has 1 atom stereocenters. The second-order valence-electron chi connectivity index (χ2n) is 5.76. The molecule has 0 aromatic heterocycles. The van der Waals surface area contributed by atoms with Crippen molar-refractivity contribution in [2.45, 2.75) is 46.5 Å². The Bertz CT molecular complexity index is 473. The lowest BCUT2D eigenvalue weighted by atomic mass is 10.0. The highest BCUT2D eigenvalue weighted by Crippen LogP contribution is 2.07. The maximum Gasteiger partial charge on any atom is 0.269 e. The van der Waals surface area contributed by atoms with Crippen LogP contribution < -0.4 is 16.2 Å². The van der Waals surface area contributed by atoms with Crippen LogP contribution in [0.5, 0.6) is 0 Å². The fourth-order valence-electron chi connectivity index (χ4n) is 2.05. The average Bonchev–Trinajstić information content (AvgIpc) is 2.51. The highest BCUT2D eigenvalue weighted by atomic mass is 32.1. The Morgan fingerprint density at radius 3 is 2.50 bits per heavy atom. The van der Waals surface area contributed by atoms with E-state index in [1.807, 2.05) is 19.1 Å². The molecule has 0 spiro atoms. The standard InChI is InChI=1S/C17H27N3OS/c1-4-5-6-7-14(3)12-18-17(22)20-19-16(21)15-10-8-13(2)9-11-15/h8-11,14H,4-7,12H2,1-3H3,(H,19,21)(H2,18,20,22)/t14-/m1/s1. The Balaban J connectivity index is 2.22. The predicted octanol–water partition coefficient (Wildman–Crippen LogP) is 3.32. The molecule has 0 aliphatic rings. The van der Waals surface area contributed by atoms with Gasteiger partial charge in [0.1, 0.15) is 0 Å². The number of amides is 1. The molecule has 0 aliphatic heterocycles. The van der Waals surface area contributed by atoms with Gasteiger partial charge in [-0.05, 0) is 43.6 Å². The zero-order chi connectivity index (χ0) is 16.4. The number of carbonyl (C=O) groups is 1. The summed E-state index contributed by atoms with van der Waals surface area (Å²) in [7, 11) is 0. The molecule has 5 heteroatoms. The minimum atomic E-state index is -0.194. The van der Waals surface area contributed by atoms with Gasteiger partial charge in [0.2, 0.25) is 0 Å². The van der Waals surface area contributed by atoms with Crippen LogP contribution in [0.1, 0.15) is 55.5 Å². The first-order chi connectivity index (χ1) is 10.5. The highest BCUT2D eigenvalue weighted by Gasteiger charge is 2.06. The van der Waals surface area contributed by atoms with Gasteiger partial charge in [-0.15, -0.1) is 0 Å². The van der Waals surface area contributed by atoms with Crippen LogP contribution in [0.25, 0.3) is 0 Å². The number of unbranched alkanes of at least 4 members (excludes halogenated alkanes) is 2. The largest absolute Gasteiger partial charge is 0.361 e. The molecule has 22 heavy (non-hydrogen) atoms. The van der Waals surface area contributed by atoms with Crippen LogP contribution in [0.2, 0.25) is 0 Å². The van der Waals surface area contributed by atoms with Gasteiger partial charge >= 0.3 is 0 Å². The van der Waals surface area contributed by atoms with Gasteiger partial charge in [0.25, 0.3) is 5.91 Å². The topological polar surface area (TPSA) is 53.2 Å². The Kier molecular flexibility index (Phi) is 8.51. The second kappa shape index (κ2) is 10.2. The van der Waals surface area contributed by atoms with Crippen molar-refractivity contribution < 1.29 is 4.79 Å². The molecule has 1 rings (SSSR count). The minimum absolute atomic E-state index is 0.194. The van der Waals surface area contributed by atoms with Crippen molar-refractivity contribution in [3.63, 3.8) is 0 Å². The van der Waals surface area contributed by atoms with Crippen LogP contribution in [-0.2, 0) is 0 Å². The zero-order valence-electron chi connectivity index (χ0n) is 13.7. The molecule has 1 aromatic rings. The number of rotatable bonds is 7. The molecule has 122 valence electrons. The molecular weight excluding hydrogens is 294 g/mol. The van der Waals surface area contributed by atoms with E-state index in [9.17, 15) is 4.79 Å². The maximum absolute atomic E-state index is 11.9. The van der Waals surface area contributed by atoms with Crippen molar-refractivity contribution in [2.24, 2.45) is 5.92 Å². The van der Waals surface area contributed by atoms with E-state index in [-0.39, 0.29) is 5.91 Å². The van der Waals surface area contributed by atoms with Gasteiger partial charge < -0.3 is 5.32 Å². The normalized spacial score (nSPS) is 11.6. The first-order valence-electron chi connectivity index (χ1n) is 7.93. The summed E-state index contributed by atoms with van der Waals surface area (Å²) in [6, 6.07) is 7.39. The van der Waals surface area contributed by atoms with Crippen LogP contribution >= 0.6 is 12.2 Å². The van der Waals surface area contributed by atoms with E-state index in [0.29, 0.717) is 16.6 Å². The molecule has 0 saturated heterocycles. The van der Waals surface area contributed by atoms with Gasteiger partial charge in [-0.25, -0.2) is 0 Å². The molecule has 3 N–H and O–H groups in total. The lowest BCUT2D eigenvalue weighted by Gasteiger charge is -2.15. The summed E-state index contributed by atoms with van der Waals surface area (Å²) >= 11 is 5.16. The Labute approximate surface area is 139 Å². The summed E-state index contributed by atoms with van der Waals surface area (Å²) in [6.45, 7) is 7.21. The molecule has 4 nitrogen and oxygen atoms in total. The molecule has 0 fully saturated rings. The molecule has 0 bridgehead atoms. The minimum Gasteiger partial charge on any atom is -0.361 e. The highest BCUT2D eigenvalue weighted by molar-refractivity contribution is 7.80. The number of hydrogen-bond acceptors (Lipinski definition) is 2. The van der Waals surface area contributed by atoms with Gasteiger partial charge in [-0.1, -0.05) is 50.8 Å². The Morgan fingerprint density at radius 1 is 1.18 bits per heavy atom. The molecule has 0 radical (unpaired) electrons. The quantitative estimate of drug-likeness (QED) is 0.410. The van der Waals surface area contributed by atoms with E-state index in [1.165, 1.54) is 25.7 Å². The zero-order valence-corrected chi connectivity index (χ0v) is 14.6. The van der Waals surface area contributed by atoms with Crippen molar-refractivity contribution in [1.82, 2.24) is 16.2 Å². The van der Waals surface area contributed by atoms with E-state index in [2.05, 4.69) is 30.0 Å². The number of aryl methyl sites for hydroxylation is 1. The van der Waals surface area contributed by atoms with Crippen LogP contribution in [0.3, 0.4) is 0 Å². The monoisotopic (exact) mass is 321 g/mol. The van der Waals surface area contributed by atoms with Crippen LogP contribution in [0.4, 0.5) is 0 Å². The van der Waals surface area contributed by atoms with Crippen molar-refractivity contribution in [1.29, 1.82) is 0 Å². The fourth-order valence-corrected chi connectivity index (χ4v) is 2.18. The third kappa shape index (κ3) is 7.41. The number of nitrogens with one attached hydrogen (secondary N) is 3. The van der Waals surface area contributed by atoms with E-state index in [0.717, 1.165) is 12.1 Å². The third-order valence-electron chi connectivity index (χ3n) is 3.51. The first-order valence-corrected chi connectivity index (χ1v) is 8.34. The number of carbonyl (C=O) groups excluding carboxylic acids is 1. The van der Waals surface area contributed by atoms with Gasteiger partial charge in [0.05, 0.1) is 0 Å². The van der Waals surface area contributed by atoms with Crippen molar-refractivity contribution in [3.05, 3.63) is 35.4 Å². The number of hydrazine groups is 1. The third-order valence-corrected chi connectivity index (χ3v) is 3.76. The summed E-state index contributed by atoms with van der Waals surface area (Å²) in [6.07, 6.45) is 4.97. The molecule has 0 heterocycles. The van der Waals surface area contributed by atoms with Crippen molar-refractivity contribution >= 4 is 23.2 Å². The Morgan fingerprint density at radius 2 is 1.86 bits per heavy atom. The SMILES string of the molecule is CCCCC[C@@H](C)CNC(=S)NNC(=O)c1ccc(C)cc1. The molecule has 1 aromatic carbocycles. The number of benzene rings is 1.